The van der Waals surface area contributed by atoms with Gasteiger partial charge in [0, 0.05) is 30.8 Å². The SMILES string of the molecule is NC(=O)[C@H]1CC[C@H](n2c(Nc3c(F)cccc3F)nc3cnc(NC4CC(F)(F)C4)nc32)CC1. The maximum Gasteiger partial charge on any atom is 0.252 e. The molecule has 0 bridgehead atoms. The lowest BCUT2D eigenvalue weighted by Gasteiger charge is -2.35. The topological polar surface area (TPSA) is 111 Å². The van der Waals surface area contributed by atoms with E-state index < -0.39 is 23.6 Å². The molecule has 1 amide bonds. The minimum absolute atomic E-state index is 0.170. The molecule has 180 valence electrons. The van der Waals surface area contributed by atoms with Gasteiger partial charge in [0.2, 0.25) is 17.8 Å². The number of benzene rings is 1. The summed E-state index contributed by atoms with van der Waals surface area (Å²) in [6.45, 7) is 0. The van der Waals surface area contributed by atoms with E-state index >= 15 is 0 Å². The number of aromatic nitrogens is 4. The molecule has 34 heavy (non-hydrogen) atoms. The van der Waals surface area contributed by atoms with Gasteiger partial charge in [-0.3, -0.25) is 9.36 Å². The zero-order valence-electron chi connectivity index (χ0n) is 18.1. The van der Waals surface area contributed by atoms with Gasteiger partial charge in [-0.1, -0.05) is 6.07 Å². The van der Waals surface area contributed by atoms with Crippen LogP contribution in [0.15, 0.2) is 24.4 Å². The molecule has 8 nitrogen and oxygen atoms in total. The molecule has 0 unspecified atom stereocenters. The number of nitrogens with two attached hydrogens (primary N) is 1. The van der Waals surface area contributed by atoms with Crippen LogP contribution >= 0.6 is 0 Å². The Bertz CT molecular complexity index is 1210. The molecule has 2 aromatic heterocycles. The number of hydrogen-bond donors (Lipinski definition) is 3. The first-order valence-corrected chi connectivity index (χ1v) is 11.1. The zero-order chi connectivity index (χ0) is 24.0. The minimum Gasteiger partial charge on any atom is -0.369 e. The highest BCUT2D eigenvalue weighted by atomic mass is 19.3. The van der Waals surface area contributed by atoms with Gasteiger partial charge in [0.25, 0.3) is 5.92 Å². The largest absolute Gasteiger partial charge is 0.369 e. The molecule has 0 atom stereocenters. The maximum atomic E-state index is 14.3. The molecule has 3 aromatic rings. The summed E-state index contributed by atoms with van der Waals surface area (Å²) < 4.78 is 56.8. The summed E-state index contributed by atoms with van der Waals surface area (Å²) >= 11 is 0. The van der Waals surface area contributed by atoms with E-state index in [0.29, 0.717) is 36.8 Å². The Hall–Kier alpha value is -3.44. The fourth-order valence-electron chi connectivity index (χ4n) is 4.69. The number of rotatable bonds is 6. The van der Waals surface area contributed by atoms with Crippen molar-refractivity contribution in [3.8, 4) is 0 Å². The lowest BCUT2D eigenvalue weighted by atomic mass is 9.85. The van der Waals surface area contributed by atoms with E-state index in [-0.39, 0.29) is 48.3 Å². The van der Waals surface area contributed by atoms with Crippen LogP contribution in [0.2, 0.25) is 0 Å². The molecule has 1 aromatic carbocycles. The van der Waals surface area contributed by atoms with Crippen molar-refractivity contribution in [1.29, 1.82) is 0 Å². The van der Waals surface area contributed by atoms with Gasteiger partial charge >= 0.3 is 0 Å². The van der Waals surface area contributed by atoms with Crippen LogP contribution in [-0.4, -0.2) is 37.4 Å². The van der Waals surface area contributed by atoms with Crippen molar-refractivity contribution in [2.75, 3.05) is 10.6 Å². The lowest BCUT2D eigenvalue weighted by Crippen LogP contribution is -2.44. The molecule has 4 N–H and O–H groups in total. The number of alkyl halides is 2. The second kappa shape index (κ2) is 8.41. The Morgan fingerprint density at radius 2 is 1.76 bits per heavy atom. The van der Waals surface area contributed by atoms with Gasteiger partial charge in [-0.05, 0) is 37.8 Å². The number of anilines is 3. The van der Waals surface area contributed by atoms with Crippen LogP contribution < -0.4 is 16.4 Å². The predicted molar refractivity (Wildman–Crippen MR) is 117 cm³/mol. The number of amides is 1. The highest BCUT2D eigenvalue weighted by Crippen LogP contribution is 2.40. The Morgan fingerprint density at radius 3 is 2.38 bits per heavy atom. The van der Waals surface area contributed by atoms with Gasteiger partial charge in [0.15, 0.2) is 5.65 Å². The number of fused-ring (bicyclic) bond motifs is 1. The van der Waals surface area contributed by atoms with Crippen molar-refractivity contribution >= 4 is 34.7 Å². The number of nitrogens with one attached hydrogen (secondary N) is 2. The molecule has 0 saturated heterocycles. The number of carbonyl (C=O) groups excluding carboxylic acids is 1. The third-order valence-electron chi connectivity index (χ3n) is 6.52. The van der Waals surface area contributed by atoms with Crippen LogP contribution in [-0.2, 0) is 4.79 Å². The van der Waals surface area contributed by atoms with E-state index in [4.69, 9.17) is 5.73 Å². The molecule has 5 rings (SSSR count). The zero-order valence-corrected chi connectivity index (χ0v) is 18.1. The lowest BCUT2D eigenvalue weighted by molar-refractivity contribution is -0.122. The first-order valence-electron chi connectivity index (χ1n) is 11.1. The Labute approximate surface area is 192 Å². The Kier molecular flexibility index (Phi) is 5.53. The van der Waals surface area contributed by atoms with E-state index in [1.165, 1.54) is 12.3 Å². The van der Waals surface area contributed by atoms with Crippen molar-refractivity contribution < 1.29 is 22.4 Å². The van der Waals surface area contributed by atoms with Gasteiger partial charge < -0.3 is 16.4 Å². The number of imidazole rings is 1. The average molecular weight is 477 g/mol. The van der Waals surface area contributed by atoms with Crippen LogP contribution in [0.4, 0.5) is 35.1 Å². The molecule has 2 aliphatic carbocycles. The summed E-state index contributed by atoms with van der Waals surface area (Å²) in [4.78, 5) is 24.7. The number of carbonyl (C=O) groups is 1. The van der Waals surface area contributed by atoms with Gasteiger partial charge in [0.05, 0.1) is 6.20 Å². The molecular formula is C22H23F4N7O. The molecule has 2 saturated carbocycles. The van der Waals surface area contributed by atoms with E-state index in [2.05, 4.69) is 25.6 Å². The van der Waals surface area contributed by atoms with Crippen LogP contribution in [0.3, 0.4) is 0 Å². The van der Waals surface area contributed by atoms with Gasteiger partial charge in [-0.2, -0.15) is 4.98 Å². The maximum absolute atomic E-state index is 14.3. The van der Waals surface area contributed by atoms with Crippen LogP contribution in [0.1, 0.15) is 44.6 Å². The summed E-state index contributed by atoms with van der Waals surface area (Å²) in [6.07, 6.45) is 3.11. The van der Waals surface area contributed by atoms with E-state index in [1.54, 1.807) is 4.57 Å². The van der Waals surface area contributed by atoms with Crippen molar-refractivity contribution in [2.45, 2.75) is 56.5 Å². The summed E-state index contributed by atoms with van der Waals surface area (Å²) in [6, 6.07) is 2.91. The second-order valence-electron chi connectivity index (χ2n) is 8.94. The monoisotopic (exact) mass is 477 g/mol. The number of hydrogen-bond acceptors (Lipinski definition) is 6. The van der Waals surface area contributed by atoms with Crippen LogP contribution in [0.5, 0.6) is 0 Å². The molecule has 2 heterocycles. The van der Waals surface area contributed by atoms with Crippen molar-refractivity contribution in [3.05, 3.63) is 36.0 Å². The summed E-state index contributed by atoms with van der Waals surface area (Å²) in [5.74, 6) is -4.51. The standard InChI is InChI=1S/C22H23F4N7O/c23-14-2-1-3-15(24)17(14)31-21-30-16-10-28-20(29-12-8-22(25,26)9-12)32-19(16)33(21)13-6-4-11(5-7-13)18(27)34/h1-3,10-13H,4-9H2,(H2,27,34)(H,30,31)(H,28,29,32)/t11-,13-. The molecule has 0 spiro atoms. The first-order chi connectivity index (χ1) is 16.2. The number of halogens is 4. The smallest absolute Gasteiger partial charge is 0.252 e. The van der Waals surface area contributed by atoms with Gasteiger partial charge in [0.1, 0.15) is 22.8 Å². The molecule has 12 heteroatoms. The molecule has 0 aliphatic heterocycles. The number of nitrogens with zero attached hydrogens (tertiary/aromatic N) is 4. The summed E-state index contributed by atoms with van der Waals surface area (Å²) in [5.41, 5.74) is 5.87. The van der Waals surface area contributed by atoms with Crippen molar-refractivity contribution in [1.82, 2.24) is 19.5 Å². The quantitative estimate of drug-likeness (QED) is 0.457. The molecule has 2 aliphatic rings. The van der Waals surface area contributed by atoms with Crippen molar-refractivity contribution in [2.24, 2.45) is 11.7 Å². The highest BCUT2D eigenvalue weighted by Gasteiger charge is 2.45. The summed E-state index contributed by atoms with van der Waals surface area (Å²) in [7, 11) is 0. The molecule has 0 radical (unpaired) electrons. The van der Waals surface area contributed by atoms with E-state index in [1.807, 2.05) is 0 Å². The number of para-hydroxylation sites is 1. The third kappa shape index (κ3) is 4.24. The molecular weight excluding hydrogens is 454 g/mol. The molecule has 2 fully saturated rings. The first kappa shape index (κ1) is 22.4. The van der Waals surface area contributed by atoms with Gasteiger partial charge in [-0.25, -0.2) is 27.5 Å². The van der Waals surface area contributed by atoms with Crippen molar-refractivity contribution in [3.63, 3.8) is 0 Å². The normalized spacial score (nSPS) is 22.4. The van der Waals surface area contributed by atoms with Crippen LogP contribution in [0.25, 0.3) is 11.2 Å². The fourth-order valence-corrected chi connectivity index (χ4v) is 4.69. The van der Waals surface area contributed by atoms with Crippen LogP contribution in [0, 0.1) is 17.6 Å². The number of primary amides is 1. The minimum atomic E-state index is -2.69. The second-order valence-corrected chi connectivity index (χ2v) is 8.94. The van der Waals surface area contributed by atoms with E-state index in [0.717, 1.165) is 12.1 Å². The summed E-state index contributed by atoms with van der Waals surface area (Å²) in [5, 5.41) is 5.66. The third-order valence-corrected chi connectivity index (χ3v) is 6.52. The predicted octanol–water partition coefficient (Wildman–Crippen LogP) is 4.27. The Morgan fingerprint density at radius 1 is 1.09 bits per heavy atom. The van der Waals surface area contributed by atoms with E-state index in [9.17, 15) is 22.4 Å². The Balaban J connectivity index is 1.51. The van der Waals surface area contributed by atoms with Gasteiger partial charge in [-0.15, -0.1) is 0 Å². The fraction of sp³-hybridized carbons (Fsp3) is 0.455. The average Bonchev–Trinajstić information content (AvgIpc) is 3.12. The highest BCUT2D eigenvalue weighted by molar-refractivity contribution is 5.78.